The summed E-state index contributed by atoms with van der Waals surface area (Å²) >= 11 is 0. The third kappa shape index (κ3) is 2.02. The molecule has 114 valence electrons. The van der Waals surface area contributed by atoms with Gasteiger partial charge in [-0.3, -0.25) is 9.59 Å². The summed E-state index contributed by atoms with van der Waals surface area (Å²) in [5, 5.41) is 19.0. The molecule has 0 unspecified atom stereocenters. The Kier molecular flexibility index (Phi) is 3.10. The zero-order chi connectivity index (χ0) is 16.7. The molecule has 0 amide bonds. The fourth-order valence-electron chi connectivity index (χ4n) is 2.53. The molecule has 0 heterocycles. The maximum absolute atomic E-state index is 12.6. The summed E-state index contributed by atoms with van der Waals surface area (Å²) in [4.78, 5) is 47.0. The summed E-state index contributed by atoms with van der Waals surface area (Å²) in [7, 11) is 0. The van der Waals surface area contributed by atoms with E-state index < -0.39 is 27.3 Å². The minimum atomic E-state index is -1.26. The first-order valence-corrected chi connectivity index (χ1v) is 6.33. The number of carbonyl (C=O) groups excluding carboxylic acids is 2. The fourth-order valence-corrected chi connectivity index (χ4v) is 2.53. The Morgan fingerprint density at radius 1 is 0.739 bits per heavy atom. The van der Waals surface area contributed by atoms with Crippen LogP contribution in [0.5, 0.6) is 0 Å². The molecule has 0 bridgehead atoms. The number of carbonyl (C=O) groups is 2. The van der Waals surface area contributed by atoms with E-state index in [1.54, 1.807) is 6.07 Å². The van der Waals surface area contributed by atoms with Gasteiger partial charge in [-0.2, -0.15) is 0 Å². The van der Waals surface area contributed by atoms with Crippen molar-refractivity contribution in [3.8, 4) is 0 Å². The lowest BCUT2D eigenvalue weighted by molar-refractivity contribution is -0.711. The van der Waals surface area contributed by atoms with Crippen molar-refractivity contribution < 1.29 is 19.7 Å². The van der Waals surface area contributed by atoms with Gasteiger partial charge in [0.15, 0.2) is 17.3 Å². The first-order valence-electron chi connectivity index (χ1n) is 6.33. The van der Waals surface area contributed by atoms with Crippen LogP contribution in [0.15, 0.2) is 42.5 Å². The van der Waals surface area contributed by atoms with Gasteiger partial charge in [-0.1, -0.05) is 36.4 Å². The molecule has 9 nitrogen and oxygen atoms in total. The molecule has 0 atom stereocenters. The lowest BCUT2D eigenvalue weighted by Crippen LogP contribution is -2.37. The normalized spacial score (nSPS) is 12.3. The van der Waals surface area contributed by atoms with Gasteiger partial charge in [0.1, 0.15) is 0 Å². The van der Waals surface area contributed by atoms with Crippen LogP contribution in [-0.2, 0) is 0 Å². The van der Waals surface area contributed by atoms with Crippen LogP contribution in [0, 0.1) is 20.2 Å². The number of nitrogens with zero attached hydrogens (tertiary/aromatic N) is 3. The summed E-state index contributed by atoms with van der Waals surface area (Å²) in [5.74, 6) is -1.18. The summed E-state index contributed by atoms with van der Waals surface area (Å²) in [6.07, 6.45) is 0. The molecule has 23 heavy (non-hydrogen) atoms. The van der Waals surface area contributed by atoms with E-state index in [4.69, 9.17) is 0 Å². The second kappa shape index (κ2) is 4.98. The van der Waals surface area contributed by atoms with Crippen molar-refractivity contribution in [2.24, 2.45) is 0 Å². The number of nitro groups is 2. The van der Waals surface area contributed by atoms with E-state index in [0.29, 0.717) is 0 Å². The molecule has 3 rings (SSSR count). The maximum atomic E-state index is 12.6. The monoisotopic (exact) mass is 313 g/mol. The molecule has 0 saturated carbocycles. The van der Waals surface area contributed by atoms with E-state index in [9.17, 15) is 29.8 Å². The van der Waals surface area contributed by atoms with Crippen molar-refractivity contribution in [2.45, 2.75) is 0 Å². The highest BCUT2D eigenvalue weighted by Crippen LogP contribution is 2.33. The molecule has 0 N–H and O–H groups in total. The Hall–Kier alpha value is -3.62. The van der Waals surface area contributed by atoms with Crippen LogP contribution in [0.25, 0.3) is 0 Å². The Morgan fingerprint density at radius 2 is 1.26 bits per heavy atom. The number of anilines is 1. The minimum Gasteiger partial charge on any atom is -0.289 e. The van der Waals surface area contributed by atoms with E-state index in [0.717, 1.165) is 6.07 Å². The van der Waals surface area contributed by atoms with Crippen LogP contribution in [0.1, 0.15) is 31.8 Å². The molecule has 0 fully saturated rings. The number of benzene rings is 2. The third-order valence-corrected chi connectivity index (χ3v) is 3.46. The Balaban J connectivity index is 2.30. The van der Waals surface area contributed by atoms with Crippen molar-refractivity contribution in [1.29, 1.82) is 0 Å². The van der Waals surface area contributed by atoms with Crippen molar-refractivity contribution >= 4 is 17.3 Å². The van der Waals surface area contributed by atoms with Crippen LogP contribution in [0.2, 0.25) is 0 Å². The SMILES string of the molecule is O=C1c2ccccc2C(=O)c2c1cccc2N([N+](=O)[O-])[N+](=O)[O-]. The van der Waals surface area contributed by atoms with Crippen molar-refractivity contribution in [3.05, 3.63) is 84.9 Å². The van der Waals surface area contributed by atoms with Crippen LogP contribution >= 0.6 is 0 Å². The Labute approximate surface area is 128 Å². The maximum Gasteiger partial charge on any atom is 0.228 e. The number of fused-ring (bicyclic) bond motifs is 2. The first kappa shape index (κ1) is 14.3. The van der Waals surface area contributed by atoms with E-state index in [1.807, 2.05) is 0 Å². The van der Waals surface area contributed by atoms with E-state index >= 15 is 0 Å². The van der Waals surface area contributed by atoms with Crippen LogP contribution in [0.3, 0.4) is 0 Å². The number of hydrogen-bond donors (Lipinski definition) is 0. The number of hydrogen-bond acceptors (Lipinski definition) is 6. The minimum absolute atomic E-state index is 0.0593. The van der Waals surface area contributed by atoms with E-state index in [1.165, 1.54) is 30.3 Å². The first-order chi connectivity index (χ1) is 10.9. The molecule has 0 spiro atoms. The topological polar surface area (TPSA) is 124 Å². The second-order valence-electron chi connectivity index (χ2n) is 4.67. The molecule has 0 aliphatic heterocycles. The molecule has 1 aliphatic carbocycles. The largest absolute Gasteiger partial charge is 0.289 e. The molecule has 2 aromatic carbocycles. The van der Waals surface area contributed by atoms with Gasteiger partial charge in [0.05, 0.1) is 5.56 Å². The molecule has 0 saturated heterocycles. The average Bonchev–Trinajstić information content (AvgIpc) is 2.52. The number of ketones is 2. The van der Waals surface area contributed by atoms with E-state index in [2.05, 4.69) is 0 Å². The van der Waals surface area contributed by atoms with Gasteiger partial charge in [0.25, 0.3) is 0 Å². The predicted octanol–water partition coefficient (Wildman–Crippen LogP) is 1.65. The van der Waals surface area contributed by atoms with Gasteiger partial charge in [-0.15, -0.1) is 0 Å². The third-order valence-electron chi connectivity index (χ3n) is 3.46. The summed E-state index contributed by atoms with van der Waals surface area (Å²) in [6.45, 7) is 0. The van der Waals surface area contributed by atoms with Crippen LogP contribution < -0.4 is 5.12 Å². The highest BCUT2D eigenvalue weighted by Gasteiger charge is 2.40. The van der Waals surface area contributed by atoms with Gasteiger partial charge in [-0.05, 0) is 6.07 Å². The van der Waals surface area contributed by atoms with Crippen LogP contribution in [0.4, 0.5) is 5.69 Å². The second-order valence-corrected chi connectivity index (χ2v) is 4.67. The lowest BCUT2D eigenvalue weighted by atomic mass is 9.83. The number of rotatable bonds is 3. The molecule has 0 aromatic heterocycles. The smallest absolute Gasteiger partial charge is 0.228 e. The summed E-state index contributed by atoms with van der Waals surface area (Å²) in [5.41, 5.74) is -0.769. The molecule has 0 radical (unpaired) electrons. The van der Waals surface area contributed by atoms with Crippen molar-refractivity contribution in [1.82, 2.24) is 0 Å². The highest BCUT2D eigenvalue weighted by atomic mass is 16.8. The van der Waals surface area contributed by atoms with Crippen molar-refractivity contribution in [3.63, 3.8) is 0 Å². The van der Waals surface area contributed by atoms with Gasteiger partial charge >= 0.3 is 0 Å². The molecular weight excluding hydrogens is 306 g/mol. The lowest BCUT2D eigenvalue weighted by Gasteiger charge is -2.19. The number of hydrazine groups is 2. The van der Waals surface area contributed by atoms with Gasteiger partial charge < -0.3 is 0 Å². The quantitative estimate of drug-likeness (QED) is 0.532. The average molecular weight is 313 g/mol. The van der Waals surface area contributed by atoms with Crippen molar-refractivity contribution in [2.75, 3.05) is 5.12 Å². The predicted molar refractivity (Wildman–Crippen MR) is 76.2 cm³/mol. The Bertz CT molecular complexity index is 878. The van der Waals surface area contributed by atoms with E-state index in [-0.39, 0.29) is 27.4 Å². The van der Waals surface area contributed by atoms with Gasteiger partial charge in [-0.25, -0.2) is 20.2 Å². The highest BCUT2D eigenvalue weighted by molar-refractivity contribution is 6.30. The fraction of sp³-hybridized carbons (Fsp3) is 0. The zero-order valence-corrected chi connectivity index (χ0v) is 11.3. The zero-order valence-electron chi connectivity index (χ0n) is 11.3. The standard InChI is InChI=1S/C14H7N3O6/c18-13-8-4-1-2-5-9(8)14(19)12-10(13)6-3-7-11(12)15(16(20)21)17(22)23/h1-7H. The Morgan fingerprint density at radius 3 is 1.83 bits per heavy atom. The molecule has 1 aliphatic rings. The van der Waals surface area contributed by atoms with Gasteiger partial charge in [0.2, 0.25) is 15.2 Å². The van der Waals surface area contributed by atoms with Gasteiger partial charge in [0, 0.05) is 16.7 Å². The van der Waals surface area contributed by atoms with Crippen LogP contribution in [-0.4, -0.2) is 21.6 Å². The molecule has 9 heteroatoms. The summed E-state index contributed by atoms with van der Waals surface area (Å²) in [6, 6.07) is 9.61. The molecule has 2 aromatic rings. The summed E-state index contributed by atoms with van der Waals surface area (Å²) < 4.78 is 0. The molecular formula is C14H7N3O6.